The molecule has 29 heavy (non-hydrogen) atoms. The molecule has 2 aromatic carbocycles. The molecule has 0 aliphatic heterocycles. The first kappa shape index (κ1) is 20.5. The molecular formula is C23H26N2O4. The molecule has 0 saturated heterocycles. The van der Waals surface area contributed by atoms with Gasteiger partial charge >= 0.3 is 0 Å². The lowest BCUT2D eigenvalue weighted by molar-refractivity contribution is -0.115. The molecule has 0 unspecified atom stereocenters. The summed E-state index contributed by atoms with van der Waals surface area (Å²) in [6.45, 7) is 7.79. The van der Waals surface area contributed by atoms with E-state index in [9.17, 15) is 9.59 Å². The van der Waals surface area contributed by atoms with E-state index in [1.54, 1.807) is 24.5 Å². The van der Waals surface area contributed by atoms with E-state index in [2.05, 4.69) is 37.5 Å². The van der Waals surface area contributed by atoms with Crippen LogP contribution >= 0.6 is 0 Å². The fourth-order valence-corrected chi connectivity index (χ4v) is 3.45. The molecule has 2 amide bonds. The van der Waals surface area contributed by atoms with E-state index in [4.69, 9.17) is 9.15 Å². The molecule has 3 rings (SSSR count). The molecule has 0 saturated carbocycles. The van der Waals surface area contributed by atoms with Crippen LogP contribution in [0.3, 0.4) is 0 Å². The highest BCUT2D eigenvalue weighted by Gasteiger charge is 2.15. The Morgan fingerprint density at radius 2 is 1.90 bits per heavy atom. The minimum atomic E-state index is -0.215. The van der Waals surface area contributed by atoms with Gasteiger partial charge in [-0.3, -0.25) is 9.59 Å². The normalized spacial score (nSPS) is 11.0. The van der Waals surface area contributed by atoms with E-state index in [1.807, 2.05) is 6.07 Å². The number of rotatable bonds is 6. The number of hydrogen-bond acceptors (Lipinski definition) is 4. The average molecular weight is 394 g/mol. The SMILES string of the molecule is COc1ccc(NC(=O)Cc2coc3cc(C)c(C(C)C)cc23)cc1NC(C)=O. The lowest BCUT2D eigenvalue weighted by Gasteiger charge is -2.12. The predicted molar refractivity (Wildman–Crippen MR) is 115 cm³/mol. The van der Waals surface area contributed by atoms with Crippen molar-refractivity contribution in [2.45, 2.75) is 40.0 Å². The molecule has 2 N–H and O–H groups in total. The standard InChI is InChI=1S/C23H26N2O4/c1-13(2)18-11-19-16(12-29-22(19)8-14(18)3)9-23(27)25-17-6-7-21(28-5)20(10-17)24-15(4)26/h6-8,10-13H,9H2,1-5H3,(H,24,26)(H,25,27). The van der Waals surface area contributed by atoms with Crippen molar-refractivity contribution in [3.63, 3.8) is 0 Å². The molecule has 152 valence electrons. The quantitative estimate of drug-likeness (QED) is 0.616. The number of nitrogens with one attached hydrogen (secondary N) is 2. The van der Waals surface area contributed by atoms with Gasteiger partial charge in [0.25, 0.3) is 0 Å². The van der Waals surface area contributed by atoms with Crippen molar-refractivity contribution < 1.29 is 18.7 Å². The Balaban J connectivity index is 1.81. The van der Waals surface area contributed by atoms with Crippen molar-refractivity contribution in [1.82, 2.24) is 0 Å². The van der Waals surface area contributed by atoms with Crippen molar-refractivity contribution in [3.05, 3.63) is 53.3 Å². The van der Waals surface area contributed by atoms with E-state index in [0.29, 0.717) is 23.0 Å². The maximum Gasteiger partial charge on any atom is 0.228 e. The first-order valence-corrected chi connectivity index (χ1v) is 9.54. The molecule has 0 radical (unpaired) electrons. The number of carbonyl (C=O) groups excluding carboxylic acids is 2. The molecule has 0 aliphatic carbocycles. The number of furan rings is 1. The summed E-state index contributed by atoms with van der Waals surface area (Å²) >= 11 is 0. The molecular weight excluding hydrogens is 368 g/mol. The summed E-state index contributed by atoms with van der Waals surface area (Å²) in [6, 6.07) is 9.24. The number of amides is 2. The molecule has 0 fully saturated rings. The zero-order valence-electron chi connectivity index (χ0n) is 17.4. The van der Waals surface area contributed by atoms with E-state index in [1.165, 1.54) is 25.2 Å². The average Bonchev–Trinajstić information content (AvgIpc) is 3.02. The summed E-state index contributed by atoms with van der Waals surface area (Å²) in [7, 11) is 1.52. The molecule has 0 aliphatic rings. The van der Waals surface area contributed by atoms with Gasteiger partial charge in [0, 0.05) is 23.6 Å². The Kier molecular flexibility index (Phi) is 5.92. The second kappa shape index (κ2) is 8.39. The third-order valence-corrected chi connectivity index (χ3v) is 4.81. The number of carbonyl (C=O) groups is 2. The third kappa shape index (κ3) is 4.59. The Morgan fingerprint density at radius 3 is 2.55 bits per heavy atom. The minimum Gasteiger partial charge on any atom is -0.495 e. The molecule has 6 nitrogen and oxygen atoms in total. The van der Waals surface area contributed by atoms with Gasteiger partial charge in [-0.05, 0) is 54.3 Å². The molecule has 6 heteroatoms. The summed E-state index contributed by atoms with van der Waals surface area (Å²) < 4.78 is 10.9. The summed E-state index contributed by atoms with van der Waals surface area (Å²) in [5.74, 6) is 0.532. The van der Waals surface area contributed by atoms with Gasteiger partial charge in [-0.2, -0.15) is 0 Å². The van der Waals surface area contributed by atoms with Gasteiger partial charge in [0.15, 0.2) is 0 Å². The van der Waals surface area contributed by atoms with Crippen LogP contribution in [0.5, 0.6) is 5.75 Å². The highest BCUT2D eigenvalue weighted by Crippen LogP contribution is 2.30. The molecule has 1 heterocycles. The molecule has 0 spiro atoms. The fourth-order valence-electron chi connectivity index (χ4n) is 3.45. The summed E-state index contributed by atoms with van der Waals surface area (Å²) in [4.78, 5) is 24.0. The third-order valence-electron chi connectivity index (χ3n) is 4.81. The van der Waals surface area contributed by atoms with Gasteiger partial charge in [0.05, 0.1) is 25.5 Å². The largest absolute Gasteiger partial charge is 0.495 e. The van der Waals surface area contributed by atoms with Crippen LogP contribution in [0.2, 0.25) is 0 Å². The lowest BCUT2D eigenvalue weighted by atomic mass is 9.95. The second-order valence-corrected chi connectivity index (χ2v) is 7.44. The van der Waals surface area contributed by atoms with Crippen LogP contribution in [0.25, 0.3) is 11.0 Å². The first-order valence-electron chi connectivity index (χ1n) is 9.54. The lowest BCUT2D eigenvalue weighted by Crippen LogP contribution is -2.15. The van der Waals surface area contributed by atoms with Gasteiger partial charge in [0.2, 0.25) is 11.8 Å². The van der Waals surface area contributed by atoms with Crippen molar-refractivity contribution in [2.75, 3.05) is 17.7 Å². The Hall–Kier alpha value is -3.28. The Morgan fingerprint density at radius 1 is 1.14 bits per heavy atom. The predicted octanol–water partition coefficient (Wildman–Crippen LogP) is 5.01. The Labute approximate surface area is 170 Å². The molecule has 3 aromatic rings. The Bertz CT molecular complexity index is 1070. The number of methoxy groups -OCH3 is 1. The number of anilines is 2. The van der Waals surface area contributed by atoms with Crippen molar-refractivity contribution in [1.29, 1.82) is 0 Å². The van der Waals surface area contributed by atoms with Gasteiger partial charge in [-0.25, -0.2) is 0 Å². The monoisotopic (exact) mass is 394 g/mol. The molecule has 0 bridgehead atoms. The van der Waals surface area contributed by atoms with Crippen molar-refractivity contribution in [3.8, 4) is 5.75 Å². The van der Waals surface area contributed by atoms with Crippen LogP contribution in [0.15, 0.2) is 41.0 Å². The maximum atomic E-state index is 12.6. The van der Waals surface area contributed by atoms with E-state index >= 15 is 0 Å². The van der Waals surface area contributed by atoms with E-state index < -0.39 is 0 Å². The van der Waals surface area contributed by atoms with Gasteiger partial charge in [-0.1, -0.05) is 13.8 Å². The highest BCUT2D eigenvalue weighted by molar-refractivity contribution is 5.97. The van der Waals surface area contributed by atoms with Crippen LogP contribution in [-0.4, -0.2) is 18.9 Å². The minimum absolute atomic E-state index is 0.168. The zero-order chi connectivity index (χ0) is 21.1. The first-order chi connectivity index (χ1) is 13.8. The zero-order valence-corrected chi connectivity index (χ0v) is 17.4. The van der Waals surface area contributed by atoms with E-state index in [-0.39, 0.29) is 18.2 Å². The van der Waals surface area contributed by atoms with Crippen LogP contribution in [0.1, 0.15) is 43.4 Å². The number of fused-ring (bicyclic) bond motifs is 1. The number of ether oxygens (including phenoxy) is 1. The van der Waals surface area contributed by atoms with Crippen molar-refractivity contribution in [2.24, 2.45) is 0 Å². The highest BCUT2D eigenvalue weighted by atomic mass is 16.5. The number of aryl methyl sites for hydroxylation is 1. The summed E-state index contributed by atoms with van der Waals surface area (Å²) in [5, 5.41) is 6.53. The topological polar surface area (TPSA) is 80.6 Å². The van der Waals surface area contributed by atoms with Crippen molar-refractivity contribution >= 4 is 34.2 Å². The van der Waals surface area contributed by atoms with Gasteiger partial charge < -0.3 is 19.8 Å². The van der Waals surface area contributed by atoms with Gasteiger partial charge in [0.1, 0.15) is 11.3 Å². The maximum absolute atomic E-state index is 12.6. The number of hydrogen-bond donors (Lipinski definition) is 2. The van der Waals surface area contributed by atoms with E-state index in [0.717, 1.165) is 16.5 Å². The fraction of sp³-hybridized carbons (Fsp3) is 0.304. The van der Waals surface area contributed by atoms with Crippen LogP contribution in [0.4, 0.5) is 11.4 Å². The molecule has 0 atom stereocenters. The smallest absolute Gasteiger partial charge is 0.228 e. The summed E-state index contributed by atoms with van der Waals surface area (Å²) in [5.41, 5.74) is 5.13. The molecule has 1 aromatic heterocycles. The number of benzene rings is 2. The summed E-state index contributed by atoms with van der Waals surface area (Å²) in [6.07, 6.45) is 1.83. The van der Waals surface area contributed by atoms with Crippen LogP contribution in [-0.2, 0) is 16.0 Å². The van der Waals surface area contributed by atoms with Gasteiger partial charge in [-0.15, -0.1) is 0 Å². The van der Waals surface area contributed by atoms with Crippen LogP contribution in [0, 0.1) is 6.92 Å². The second-order valence-electron chi connectivity index (χ2n) is 7.44. The van der Waals surface area contributed by atoms with Crippen LogP contribution < -0.4 is 15.4 Å².